The number of aromatic nitrogens is 1. The zero-order chi connectivity index (χ0) is 12.4. The van der Waals surface area contributed by atoms with E-state index in [1.807, 2.05) is 0 Å². The zero-order valence-electron chi connectivity index (χ0n) is 10.7. The smallest absolute Gasteiger partial charge is 0.0907 e. The first-order chi connectivity index (χ1) is 8.10. The van der Waals surface area contributed by atoms with Gasteiger partial charge in [-0.25, -0.2) is 4.98 Å². The van der Waals surface area contributed by atoms with Crippen LogP contribution in [-0.2, 0) is 6.42 Å². The van der Waals surface area contributed by atoms with Gasteiger partial charge < -0.3 is 5.73 Å². The Morgan fingerprint density at radius 1 is 1.35 bits per heavy atom. The molecule has 0 radical (unpaired) electrons. The molecule has 1 heterocycles. The Kier molecular flexibility index (Phi) is 3.79. The number of benzene rings is 1. The predicted octanol–water partition coefficient (Wildman–Crippen LogP) is 3.38. The second-order valence-corrected chi connectivity index (χ2v) is 6.21. The minimum absolute atomic E-state index is 0.571. The maximum atomic E-state index is 5.83. The van der Waals surface area contributed by atoms with Gasteiger partial charge in [-0.05, 0) is 49.4 Å². The van der Waals surface area contributed by atoms with Crippen LogP contribution >= 0.6 is 11.3 Å². The summed E-state index contributed by atoms with van der Waals surface area (Å²) in [7, 11) is 0. The summed E-state index contributed by atoms with van der Waals surface area (Å²) in [6.07, 6.45) is 1.07. The SMILES string of the molecule is Cc1nc2ccc(CC(CN)C(C)C)cc2s1. The van der Waals surface area contributed by atoms with Crippen LogP contribution in [0.3, 0.4) is 0 Å². The lowest BCUT2D eigenvalue weighted by molar-refractivity contribution is 0.392. The number of nitrogens with two attached hydrogens (primary N) is 1. The van der Waals surface area contributed by atoms with E-state index in [0.717, 1.165) is 23.5 Å². The molecule has 0 saturated carbocycles. The maximum absolute atomic E-state index is 5.83. The molecular weight excluding hydrogens is 228 g/mol. The van der Waals surface area contributed by atoms with Crippen molar-refractivity contribution in [2.45, 2.75) is 27.2 Å². The van der Waals surface area contributed by atoms with Crippen LogP contribution < -0.4 is 5.73 Å². The Morgan fingerprint density at radius 3 is 2.76 bits per heavy atom. The molecule has 2 aromatic rings. The average molecular weight is 248 g/mol. The molecule has 0 saturated heterocycles. The Balaban J connectivity index is 2.23. The molecule has 1 aromatic heterocycles. The second-order valence-electron chi connectivity index (χ2n) is 4.98. The number of rotatable bonds is 4. The molecule has 1 atom stereocenters. The van der Waals surface area contributed by atoms with Crippen LogP contribution in [0, 0.1) is 18.8 Å². The third kappa shape index (κ3) is 2.85. The fourth-order valence-electron chi connectivity index (χ4n) is 2.11. The molecule has 1 unspecified atom stereocenters. The molecule has 2 rings (SSSR count). The Bertz CT molecular complexity index is 502. The molecule has 2 nitrogen and oxygen atoms in total. The first-order valence-corrected chi connectivity index (χ1v) is 6.98. The zero-order valence-corrected chi connectivity index (χ0v) is 11.6. The highest BCUT2D eigenvalue weighted by atomic mass is 32.1. The van der Waals surface area contributed by atoms with Gasteiger partial charge in [0, 0.05) is 0 Å². The van der Waals surface area contributed by atoms with Crippen LogP contribution in [0.1, 0.15) is 24.4 Å². The number of hydrogen-bond acceptors (Lipinski definition) is 3. The van der Waals surface area contributed by atoms with E-state index >= 15 is 0 Å². The average Bonchev–Trinajstić information content (AvgIpc) is 2.64. The van der Waals surface area contributed by atoms with Gasteiger partial charge in [-0.2, -0.15) is 0 Å². The minimum atomic E-state index is 0.571. The normalized spacial score (nSPS) is 13.5. The van der Waals surface area contributed by atoms with E-state index in [4.69, 9.17) is 5.73 Å². The third-order valence-corrected chi connectivity index (χ3v) is 4.24. The lowest BCUT2D eigenvalue weighted by atomic mass is 9.89. The summed E-state index contributed by atoms with van der Waals surface area (Å²) in [6, 6.07) is 6.58. The van der Waals surface area contributed by atoms with Crippen LogP contribution in [-0.4, -0.2) is 11.5 Å². The number of thiazole rings is 1. The van der Waals surface area contributed by atoms with Gasteiger partial charge in [-0.1, -0.05) is 19.9 Å². The molecule has 17 heavy (non-hydrogen) atoms. The first-order valence-electron chi connectivity index (χ1n) is 6.16. The molecule has 0 fully saturated rings. The molecule has 1 aromatic carbocycles. The van der Waals surface area contributed by atoms with Gasteiger partial charge in [0.25, 0.3) is 0 Å². The molecule has 3 heteroatoms. The monoisotopic (exact) mass is 248 g/mol. The van der Waals surface area contributed by atoms with Crippen molar-refractivity contribution in [2.24, 2.45) is 17.6 Å². The standard InChI is InChI=1S/C14H20N2S/c1-9(2)12(8-15)6-11-4-5-13-14(7-11)17-10(3)16-13/h4-5,7,9,12H,6,8,15H2,1-3H3. The number of hydrogen-bond donors (Lipinski definition) is 1. The summed E-state index contributed by atoms with van der Waals surface area (Å²) < 4.78 is 1.29. The first kappa shape index (κ1) is 12.5. The van der Waals surface area contributed by atoms with Gasteiger partial charge in [-0.15, -0.1) is 11.3 Å². The molecule has 0 aliphatic heterocycles. The summed E-state index contributed by atoms with van der Waals surface area (Å²) in [5, 5.41) is 1.14. The summed E-state index contributed by atoms with van der Waals surface area (Å²) in [6.45, 7) is 7.30. The largest absolute Gasteiger partial charge is 0.330 e. The molecule has 0 aliphatic rings. The highest BCUT2D eigenvalue weighted by Gasteiger charge is 2.12. The van der Waals surface area contributed by atoms with Crippen LogP contribution in [0.25, 0.3) is 10.2 Å². The fraction of sp³-hybridized carbons (Fsp3) is 0.500. The van der Waals surface area contributed by atoms with Gasteiger partial charge in [-0.3, -0.25) is 0 Å². The highest BCUT2D eigenvalue weighted by Crippen LogP contribution is 2.24. The Labute approximate surface area is 107 Å². The van der Waals surface area contributed by atoms with Crippen LogP contribution in [0.5, 0.6) is 0 Å². The van der Waals surface area contributed by atoms with Crippen LogP contribution in [0.15, 0.2) is 18.2 Å². The Morgan fingerprint density at radius 2 is 2.12 bits per heavy atom. The van der Waals surface area contributed by atoms with Crippen molar-refractivity contribution < 1.29 is 0 Å². The van der Waals surface area contributed by atoms with Gasteiger partial charge in [0.2, 0.25) is 0 Å². The van der Waals surface area contributed by atoms with E-state index in [9.17, 15) is 0 Å². The van der Waals surface area contributed by atoms with Crippen LogP contribution in [0.2, 0.25) is 0 Å². The molecular formula is C14H20N2S. The van der Waals surface area contributed by atoms with Gasteiger partial charge in [0.05, 0.1) is 15.2 Å². The lowest BCUT2D eigenvalue weighted by Crippen LogP contribution is -2.22. The molecule has 2 N–H and O–H groups in total. The number of aryl methyl sites for hydroxylation is 1. The summed E-state index contributed by atoms with van der Waals surface area (Å²) in [5.41, 5.74) is 8.32. The Hall–Kier alpha value is -0.930. The summed E-state index contributed by atoms with van der Waals surface area (Å²) >= 11 is 1.77. The molecule has 92 valence electrons. The second kappa shape index (κ2) is 5.15. The number of fused-ring (bicyclic) bond motifs is 1. The van der Waals surface area contributed by atoms with E-state index in [1.165, 1.54) is 10.3 Å². The third-order valence-electron chi connectivity index (χ3n) is 3.30. The van der Waals surface area contributed by atoms with E-state index < -0.39 is 0 Å². The van der Waals surface area contributed by atoms with Crippen LogP contribution in [0.4, 0.5) is 0 Å². The van der Waals surface area contributed by atoms with Crippen molar-refractivity contribution in [1.82, 2.24) is 4.98 Å². The highest BCUT2D eigenvalue weighted by molar-refractivity contribution is 7.18. The van der Waals surface area contributed by atoms with Crippen molar-refractivity contribution in [1.29, 1.82) is 0 Å². The van der Waals surface area contributed by atoms with Crippen molar-refractivity contribution in [3.8, 4) is 0 Å². The lowest BCUT2D eigenvalue weighted by Gasteiger charge is -2.18. The van der Waals surface area contributed by atoms with Crippen molar-refractivity contribution in [2.75, 3.05) is 6.54 Å². The van der Waals surface area contributed by atoms with Crippen molar-refractivity contribution >= 4 is 21.6 Å². The van der Waals surface area contributed by atoms with Gasteiger partial charge >= 0.3 is 0 Å². The van der Waals surface area contributed by atoms with Crippen molar-refractivity contribution in [3.63, 3.8) is 0 Å². The maximum Gasteiger partial charge on any atom is 0.0907 e. The fourth-order valence-corrected chi connectivity index (χ4v) is 3.00. The summed E-state index contributed by atoms with van der Waals surface area (Å²) in [4.78, 5) is 4.48. The predicted molar refractivity (Wildman–Crippen MR) is 75.4 cm³/mol. The quantitative estimate of drug-likeness (QED) is 0.901. The molecule has 0 bridgehead atoms. The topological polar surface area (TPSA) is 38.9 Å². The summed E-state index contributed by atoms with van der Waals surface area (Å²) in [5.74, 6) is 1.21. The number of nitrogens with zero attached hydrogens (tertiary/aromatic N) is 1. The van der Waals surface area contributed by atoms with Crippen molar-refractivity contribution in [3.05, 3.63) is 28.8 Å². The molecule has 0 spiro atoms. The molecule has 0 amide bonds. The van der Waals surface area contributed by atoms with E-state index in [-0.39, 0.29) is 0 Å². The molecule has 0 aliphatic carbocycles. The van der Waals surface area contributed by atoms with Gasteiger partial charge in [0.15, 0.2) is 0 Å². The van der Waals surface area contributed by atoms with Gasteiger partial charge in [0.1, 0.15) is 0 Å². The van der Waals surface area contributed by atoms with E-state index in [1.54, 1.807) is 11.3 Å². The van der Waals surface area contributed by atoms with E-state index in [0.29, 0.717) is 11.8 Å². The minimum Gasteiger partial charge on any atom is -0.330 e. The van der Waals surface area contributed by atoms with E-state index in [2.05, 4.69) is 44.0 Å².